The molecule has 0 aliphatic carbocycles. The van der Waals surface area contributed by atoms with Gasteiger partial charge in [0.2, 0.25) is 0 Å². The zero-order chi connectivity index (χ0) is 12.7. The van der Waals surface area contributed by atoms with Crippen LogP contribution in [0.4, 0.5) is 0 Å². The Bertz CT molecular complexity index is 626. The van der Waals surface area contributed by atoms with Crippen molar-refractivity contribution in [3.63, 3.8) is 0 Å². The topological polar surface area (TPSA) is 23.9 Å². The number of allylic oxidation sites excluding steroid dienone is 2. The van der Waals surface area contributed by atoms with Gasteiger partial charge in [-0.3, -0.25) is 4.78 Å². The van der Waals surface area contributed by atoms with Crippen LogP contribution < -0.4 is 0 Å². The molecular formula is C16H15NS. The van der Waals surface area contributed by atoms with Crippen LogP contribution >= 0.6 is 0 Å². The van der Waals surface area contributed by atoms with Crippen molar-refractivity contribution in [1.82, 2.24) is 0 Å². The number of fused-ring (bicyclic) bond motifs is 2. The Labute approximate surface area is 110 Å². The molecule has 1 N–H and O–H groups in total. The van der Waals surface area contributed by atoms with E-state index >= 15 is 0 Å². The maximum Gasteiger partial charge on any atom is 0.0304 e. The molecule has 0 saturated carbocycles. The highest BCUT2D eigenvalue weighted by atomic mass is 32.2. The van der Waals surface area contributed by atoms with E-state index in [0.29, 0.717) is 0 Å². The van der Waals surface area contributed by atoms with Gasteiger partial charge in [0.05, 0.1) is 0 Å². The van der Waals surface area contributed by atoms with Crippen molar-refractivity contribution in [3.8, 4) is 0 Å². The van der Waals surface area contributed by atoms with Gasteiger partial charge in [-0.25, -0.2) is 0 Å². The van der Waals surface area contributed by atoms with Gasteiger partial charge in [0.25, 0.3) is 0 Å². The molecule has 90 valence electrons. The largest absolute Gasteiger partial charge is 0.271 e. The van der Waals surface area contributed by atoms with Gasteiger partial charge in [-0.2, -0.15) is 0 Å². The van der Waals surface area contributed by atoms with Gasteiger partial charge in [-0.05, 0) is 58.9 Å². The van der Waals surface area contributed by atoms with Crippen LogP contribution in [0.2, 0.25) is 0 Å². The molecular weight excluding hydrogens is 238 g/mol. The molecule has 0 saturated heterocycles. The van der Waals surface area contributed by atoms with Gasteiger partial charge >= 0.3 is 0 Å². The summed E-state index contributed by atoms with van der Waals surface area (Å²) >= 11 is 0. The van der Waals surface area contributed by atoms with Crippen molar-refractivity contribution in [2.45, 2.75) is 23.6 Å². The highest BCUT2D eigenvalue weighted by molar-refractivity contribution is 7.86. The summed E-state index contributed by atoms with van der Waals surface area (Å²) in [6.07, 6.45) is 0. The van der Waals surface area contributed by atoms with E-state index < -0.39 is 10.7 Å². The molecule has 0 atom stereocenters. The van der Waals surface area contributed by atoms with Crippen LogP contribution in [-0.4, -0.2) is 0 Å². The predicted molar refractivity (Wildman–Crippen MR) is 77.7 cm³/mol. The summed E-state index contributed by atoms with van der Waals surface area (Å²) in [6, 6.07) is 16.6. The molecule has 1 nitrogen and oxygen atoms in total. The Hall–Kier alpha value is -1.67. The molecule has 0 amide bonds. The fourth-order valence-corrected chi connectivity index (χ4v) is 3.98. The SMILES string of the molecule is CC1=C(C)c2ccccc2S(=N)c2ccccc21. The minimum Gasteiger partial charge on any atom is -0.271 e. The van der Waals surface area contributed by atoms with Gasteiger partial charge < -0.3 is 0 Å². The first-order chi connectivity index (χ1) is 8.70. The molecule has 0 spiro atoms. The average Bonchev–Trinajstić information content (AvgIpc) is 2.51. The summed E-state index contributed by atoms with van der Waals surface area (Å²) in [5, 5.41) is 0. The summed E-state index contributed by atoms with van der Waals surface area (Å²) in [6.45, 7) is 4.32. The number of benzene rings is 2. The minimum absolute atomic E-state index is 0.590. The second-order valence-corrected chi connectivity index (χ2v) is 6.04. The maximum atomic E-state index is 8.56. The van der Waals surface area contributed by atoms with Gasteiger partial charge in [0.15, 0.2) is 0 Å². The van der Waals surface area contributed by atoms with Crippen molar-refractivity contribution in [3.05, 3.63) is 59.7 Å². The molecule has 3 rings (SSSR count). The first-order valence-electron chi connectivity index (χ1n) is 6.02. The molecule has 1 aliphatic heterocycles. The summed E-state index contributed by atoms with van der Waals surface area (Å²) in [7, 11) is -0.590. The van der Waals surface area contributed by atoms with Crippen LogP contribution in [0.25, 0.3) is 11.1 Å². The van der Waals surface area contributed by atoms with Crippen molar-refractivity contribution >= 4 is 21.8 Å². The van der Waals surface area contributed by atoms with E-state index in [-0.39, 0.29) is 0 Å². The molecule has 0 aromatic heterocycles. The Kier molecular flexibility index (Phi) is 2.67. The molecule has 18 heavy (non-hydrogen) atoms. The van der Waals surface area contributed by atoms with Crippen LogP contribution in [-0.2, 0) is 10.7 Å². The van der Waals surface area contributed by atoms with E-state index in [4.69, 9.17) is 4.78 Å². The number of rotatable bonds is 0. The van der Waals surface area contributed by atoms with Crippen LogP contribution in [0.1, 0.15) is 25.0 Å². The lowest BCUT2D eigenvalue weighted by atomic mass is 9.97. The normalized spacial score (nSPS) is 15.0. The quantitative estimate of drug-likeness (QED) is 0.700. The standard InChI is InChI=1S/C16H15NS/c1-11-12(2)14-8-4-6-10-16(14)18(17)15-9-5-3-7-13(11)15/h3-10,17H,1-2H3. The second-order valence-electron chi connectivity index (χ2n) is 4.55. The van der Waals surface area contributed by atoms with E-state index in [1.807, 2.05) is 12.1 Å². The fourth-order valence-electron chi connectivity index (χ4n) is 2.43. The molecule has 0 unspecified atom stereocenters. The first-order valence-corrected chi connectivity index (χ1v) is 7.24. The van der Waals surface area contributed by atoms with Crippen LogP contribution in [0, 0.1) is 4.78 Å². The minimum atomic E-state index is -0.590. The Morgan fingerprint density at radius 1 is 0.722 bits per heavy atom. The number of hydrogen-bond donors (Lipinski definition) is 1. The highest BCUT2D eigenvalue weighted by Crippen LogP contribution is 2.37. The third-order valence-corrected chi connectivity index (χ3v) is 5.18. The average molecular weight is 253 g/mol. The van der Waals surface area contributed by atoms with Crippen molar-refractivity contribution in [1.29, 1.82) is 4.78 Å². The first kappa shape index (κ1) is 11.4. The van der Waals surface area contributed by atoms with Crippen molar-refractivity contribution in [2.24, 2.45) is 0 Å². The third-order valence-electron chi connectivity index (χ3n) is 3.58. The monoisotopic (exact) mass is 253 g/mol. The molecule has 2 heteroatoms. The molecule has 0 fully saturated rings. The van der Waals surface area contributed by atoms with Crippen LogP contribution in [0.5, 0.6) is 0 Å². The lowest BCUT2D eigenvalue weighted by molar-refractivity contribution is 1.33. The predicted octanol–water partition coefficient (Wildman–Crippen LogP) is 4.75. The summed E-state index contributed by atoms with van der Waals surface area (Å²) in [5.41, 5.74) is 5.04. The number of hydrogen-bond acceptors (Lipinski definition) is 1. The smallest absolute Gasteiger partial charge is 0.0304 e. The zero-order valence-electron chi connectivity index (χ0n) is 10.5. The van der Waals surface area contributed by atoms with E-state index in [1.165, 1.54) is 22.3 Å². The molecule has 2 aromatic carbocycles. The van der Waals surface area contributed by atoms with Gasteiger partial charge in [-0.15, -0.1) is 0 Å². The van der Waals surface area contributed by atoms with E-state index in [1.54, 1.807) is 0 Å². The summed E-state index contributed by atoms with van der Waals surface area (Å²) in [4.78, 5) is 2.28. The fraction of sp³-hybridized carbons (Fsp3) is 0.125. The van der Waals surface area contributed by atoms with E-state index in [2.05, 4.69) is 50.2 Å². The molecule has 1 aliphatic rings. The third kappa shape index (κ3) is 1.57. The molecule has 0 radical (unpaired) electrons. The highest BCUT2D eigenvalue weighted by Gasteiger charge is 2.19. The van der Waals surface area contributed by atoms with Crippen LogP contribution in [0.3, 0.4) is 0 Å². The zero-order valence-corrected chi connectivity index (χ0v) is 11.3. The summed E-state index contributed by atoms with van der Waals surface area (Å²) in [5.74, 6) is 0. The van der Waals surface area contributed by atoms with E-state index in [0.717, 1.165) is 9.79 Å². The summed E-state index contributed by atoms with van der Waals surface area (Å²) < 4.78 is 8.56. The number of nitrogens with one attached hydrogen (secondary N) is 1. The lowest BCUT2D eigenvalue weighted by Gasteiger charge is -2.09. The molecule has 0 bridgehead atoms. The van der Waals surface area contributed by atoms with E-state index in [9.17, 15) is 0 Å². The molecule has 1 heterocycles. The second kappa shape index (κ2) is 4.21. The van der Waals surface area contributed by atoms with Crippen molar-refractivity contribution in [2.75, 3.05) is 0 Å². The Morgan fingerprint density at radius 2 is 1.11 bits per heavy atom. The maximum absolute atomic E-state index is 8.56. The molecule has 2 aromatic rings. The lowest BCUT2D eigenvalue weighted by Crippen LogP contribution is -1.94. The van der Waals surface area contributed by atoms with Gasteiger partial charge in [0.1, 0.15) is 0 Å². The van der Waals surface area contributed by atoms with Gasteiger partial charge in [0, 0.05) is 9.79 Å². The van der Waals surface area contributed by atoms with Crippen molar-refractivity contribution < 1.29 is 0 Å². The van der Waals surface area contributed by atoms with Gasteiger partial charge in [-0.1, -0.05) is 36.4 Å². The van der Waals surface area contributed by atoms with Crippen LogP contribution in [0.15, 0.2) is 58.3 Å². The Balaban J connectivity index is 2.43. The Morgan fingerprint density at radius 3 is 1.56 bits per heavy atom.